The van der Waals surface area contributed by atoms with Gasteiger partial charge in [-0.05, 0) is 17.9 Å². The summed E-state index contributed by atoms with van der Waals surface area (Å²) in [6, 6.07) is 4.35. The number of hydrogen-bond donors (Lipinski definition) is 1. The van der Waals surface area contributed by atoms with Gasteiger partial charge in [-0.25, -0.2) is 0 Å². The second-order valence-corrected chi connectivity index (χ2v) is 7.69. The van der Waals surface area contributed by atoms with E-state index in [1.807, 2.05) is 19.0 Å². The molecule has 2 aromatic heterocycles. The van der Waals surface area contributed by atoms with Crippen LogP contribution in [0.25, 0.3) is 0 Å². The molecule has 2 heterocycles. The van der Waals surface area contributed by atoms with Gasteiger partial charge in [0.2, 0.25) is 5.13 Å². The second kappa shape index (κ2) is 6.69. The molecule has 0 saturated heterocycles. The Morgan fingerprint density at radius 2 is 2.21 bits per heavy atom. The monoisotopic (exact) mass is 314 g/mol. The predicted molar refractivity (Wildman–Crippen MR) is 85.4 cm³/mol. The number of thiophene rings is 1. The van der Waals surface area contributed by atoms with Crippen LogP contribution >= 0.6 is 34.4 Å². The van der Waals surface area contributed by atoms with E-state index in [1.54, 1.807) is 34.4 Å². The highest BCUT2D eigenvalue weighted by Crippen LogP contribution is 2.41. The Morgan fingerprint density at radius 3 is 2.74 bits per heavy atom. The number of nitrogens with two attached hydrogens (primary N) is 1. The SMILES string of the molecule is CCC(N)C(Sc1nnc(N(C)C)s1)c1cccs1. The Hall–Kier alpha value is -0.630. The largest absolute Gasteiger partial charge is 0.353 e. The van der Waals surface area contributed by atoms with Crippen LogP contribution in [0.5, 0.6) is 0 Å². The minimum absolute atomic E-state index is 0.135. The Balaban J connectivity index is 2.15. The van der Waals surface area contributed by atoms with Crippen LogP contribution in [-0.4, -0.2) is 30.3 Å². The summed E-state index contributed by atoms with van der Waals surface area (Å²) < 4.78 is 0.978. The van der Waals surface area contributed by atoms with Crippen LogP contribution in [-0.2, 0) is 0 Å². The highest BCUT2D eigenvalue weighted by Gasteiger charge is 2.23. The third kappa shape index (κ3) is 3.68. The van der Waals surface area contributed by atoms with Crippen LogP contribution < -0.4 is 10.6 Å². The fraction of sp³-hybridized carbons (Fsp3) is 0.500. The molecule has 0 amide bonds. The molecule has 104 valence electrons. The molecule has 0 fully saturated rings. The summed E-state index contributed by atoms with van der Waals surface area (Å²) in [6.07, 6.45) is 0.953. The van der Waals surface area contributed by atoms with Crippen molar-refractivity contribution < 1.29 is 0 Å². The van der Waals surface area contributed by atoms with Gasteiger partial charge in [0, 0.05) is 25.0 Å². The maximum Gasteiger partial charge on any atom is 0.208 e. The zero-order valence-electron chi connectivity index (χ0n) is 11.2. The molecule has 0 spiro atoms. The van der Waals surface area contributed by atoms with Gasteiger partial charge < -0.3 is 10.6 Å². The maximum absolute atomic E-state index is 6.25. The molecule has 0 radical (unpaired) electrons. The molecule has 2 aromatic rings. The van der Waals surface area contributed by atoms with Crippen LogP contribution in [0.2, 0.25) is 0 Å². The van der Waals surface area contributed by atoms with Crippen molar-refractivity contribution in [2.24, 2.45) is 5.73 Å². The average Bonchev–Trinajstić information content (AvgIpc) is 3.05. The van der Waals surface area contributed by atoms with E-state index in [-0.39, 0.29) is 11.3 Å². The summed E-state index contributed by atoms with van der Waals surface area (Å²) >= 11 is 5.08. The summed E-state index contributed by atoms with van der Waals surface area (Å²) in [5, 5.41) is 11.7. The minimum atomic E-state index is 0.135. The zero-order chi connectivity index (χ0) is 13.8. The third-order valence-corrected chi connectivity index (χ3v) is 6.36. The molecule has 0 aliphatic carbocycles. The van der Waals surface area contributed by atoms with Crippen molar-refractivity contribution in [2.75, 3.05) is 19.0 Å². The van der Waals surface area contributed by atoms with E-state index >= 15 is 0 Å². The number of rotatable bonds is 6. The average molecular weight is 315 g/mol. The first-order valence-electron chi connectivity index (χ1n) is 6.08. The first-order valence-corrected chi connectivity index (χ1v) is 8.65. The smallest absolute Gasteiger partial charge is 0.208 e. The predicted octanol–water partition coefficient (Wildman–Crippen LogP) is 3.24. The lowest BCUT2D eigenvalue weighted by Gasteiger charge is -2.19. The van der Waals surface area contributed by atoms with E-state index in [1.165, 1.54) is 4.88 Å². The van der Waals surface area contributed by atoms with E-state index in [0.29, 0.717) is 0 Å². The first kappa shape index (κ1) is 14.8. The van der Waals surface area contributed by atoms with Crippen molar-refractivity contribution in [1.82, 2.24) is 10.2 Å². The van der Waals surface area contributed by atoms with E-state index in [2.05, 4.69) is 34.6 Å². The highest BCUT2D eigenvalue weighted by atomic mass is 32.2. The Bertz CT molecular complexity index is 495. The van der Waals surface area contributed by atoms with Crippen molar-refractivity contribution in [3.8, 4) is 0 Å². The molecule has 0 bridgehead atoms. The van der Waals surface area contributed by atoms with Crippen LogP contribution in [0.4, 0.5) is 5.13 Å². The summed E-state index contributed by atoms with van der Waals surface area (Å²) in [6.45, 7) is 2.12. The van der Waals surface area contributed by atoms with Gasteiger partial charge in [0.05, 0.1) is 5.25 Å². The number of nitrogens with zero attached hydrogens (tertiary/aromatic N) is 3. The second-order valence-electron chi connectivity index (χ2n) is 4.37. The van der Waals surface area contributed by atoms with Crippen LogP contribution in [0.1, 0.15) is 23.5 Å². The van der Waals surface area contributed by atoms with Gasteiger partial charge in [-0.1, -0.05) is 36.1 Å². The van der Waals surface area contributed by atoms with Crippen LogP contribution in [0.3, 0.4) is 0 Å². The molecule has 0 aliphatic heterocycles. The van der Waals surface area contributed by atoms with Gasteiger partial charge in [0.15, 0.2) is 4.34 Å². The lowest BCUT2D eigenvalue weighted by molar-refractivity contribution is 0.639. The molecular weight excluding hydrogens is 296 g/mol. The third-order valence-electron chi connectivity index (χ3n) is 2.69. The van der Waals surface area contributed by atoms with Crippen molar-refractivity contribution >= 4 is 39.6 Å². The lowest BCUT2D eigenvalue weighted by Crippen LogP contribution is -2.25. The summed E-state index contributed by atoms with van der Waals surface area (Å²) in [5.41, 5.74) is 6.25. The molecule has 0 aromatic carbocycles. The molecule has 19 heavy (non-hydrogen) atoms. The molecule has 4 nitrogen and oxygen atoms in total. The van der Waals surface area contributed by atoms with Gasteiger partial charge >= 0.3 is 0 Å². The topological polar surface area (TPSA) is 55.0 Å². The molecule has 2 N–H and O–H groups in total. The van der Waals surface area contributed by atoms with Gasteiger partial charge in [-0.15, -0.1) is 21.5 Å². The quantitative estimate of drug-likeness (QED) is 0.830. The number of aromatic nitrogens is 2. The summed E-state index contributed by atoms with van der Waals surface area (Å²) in [4.78, 5) is 3.28. The van der Waals surface area contributed by atoms with Gasteiger partial charge in [0.25, 0.3) is 0 Å². The van der Waals surface area contributed by atoms with Crippen molar-refractivity contribution in [2.45, 2.75) is 29.0 Å². The molecule has 2 unspecified atom stereocenters. The fourth-order valence-corrected chi connectivity index (χ4v) is 4.75. The van der Waals surface area contributed by atoms with E-state index in [0.717, 1.165) is 15.9 Å². The molecule has 0 aliphatic rings. The Labute approximate surface area is 126 Å². The molecule has 7 heteroatoms. The Kier molecular flexibility index (Phi) is 5.20. The molecule has 2 atom stereocenters. The zero-order valence-corrected chi connectivity index (χ0v) is 13.7. The highest BCUT2D eigenvalue weighted by molar-refractivity contribution is 8.01. The number of hydrogen-bond acceptors (Lipinski definition) is 7. The van der Waals surface area contributed by atoms with Gasteiger partial charge in [-0.2, -0.15) is 0 Å². The number of thioether (sulfide) groups is 1. The van der Waals surface area contributed by atoms with Crippen LogP contribution in [0.15, 0.2) is 21.9 Å². The molecule has 0 saturated carbocycles. The van der Waals surface area contributed by atoms with Gasteiger partial charge in [0.1, 0.15) is 0 Å². The van der Waals surface area contributed by atoms with Gasteiger partial charge in [-0.3, -0.25) is 0 Å². The van der Waals surface area contributed by atoms with Crippen molar-refractivity contribution in [3.63, 3.8) is 0 Å². The summed E-state index contributed by atoms with van der Waals surface area (Å²) in [7, 11) is 3.95. The Morgan fingerprint density at radius 1 is 1.42 bits per heavy atom. The fourth-order valence-electron chi connectivity index (χ4n) is 1.56. The maximum atomic E-state index is 6.25. The lowest BCUT2D eigenvalue weighted by atomic mass is 10.1. The minimum Gasteiger partial charge on any atom is -0.353 e. The van der Waals surface area contributed by atoms with E-state index in [9.17, 15) is 0 Å². The molecule has 2 rings (SSSR count). The van der Waals surface area contributed by atoms with E-state index < -0.39 is 0 Å². The summed E-state index contributed by atoms with van der Waals surface area (Å²) in [5.74, 6) is 0. The van der Waals surface area contributed by atoms with Crippen molar-refractivity contribution in [3.05, 3.63) is 22.4 Å². The first-order chi connectivity index (χ1) is 9.11. The number of anilines is 1. The van der Waals surface area contributed by atoms with Crippen molar-refractivity contribution in [1.29, 1.82) is 0 Å². The standard InChI is InChI=1S/C12H18N4S3/c1-4-8(13)10(9-6-5-7-17-9)18-12-15-14-11(19-12)16(2)3/h5-8,10H,4,13H2,1-3H3. The van der Waals surface area contributed by atoms with E-state index in [4.69, 9.17) is 5.73 Å². The molecular formula is C12H18N4S3. The van der Waals surface area contributed by atoms with Crippen LogP contribution in [0, 0.1) is 0 Å². The normalized spacial score (nSPS) is 14.3.